The number of nitrogens with zero attached hydrogens (tertiary/aromatic N) is 1. The number of hydrogen-bond donors (Lipinski definition) is 2. The number of amides is 2. The number of anilines is 1. The zero-order valence-corrected chi connectivity index (χ0v) is 18.6. The van der Waals surface area contributed by atoms with Gasteiger partial charge in [-0.25, -0.2) is 4.79 Å². The largest absolute Gasteiger partial charge is 0.462 e. The van der Waals surface area contributed by atoms with Crippen LogP contribution in [0, 0.1) is 6.92 Å². The highest BCUT2D eigenvalue weighted by molar-refractivity contribution is 7.18. The van der Waals surface area contributed by atoms with Gasteiger partial charge in [0.2, 0.25) is 5.91 Å². The number of nitrogens with one attached hydrogen (secondary N) is 2. The molecule has 0 aliphatic heterocycles. The molecular weight excluding hydrogens is 378 g/mol. The number of carbonyl (C=O) groups is 3. The maximum absolute atomic E-state index is 12.7. The summed E-state index contributed by atoms with van der Waals surface area (Å²) in [6.45, 7) is 11.0. The molecule has 2 N–H and O–H groups in total. The Kier molecular flexibility index (Phi) is 10.2. The van der Waals surface area contributed by atoms with Crippen LogP contribution in [0.2, 0.25) is 0 Å². The van der Waals surface area contributed by atoms with Crippen molar-refractivity contribution in [3.63, 3.8) is 0 Å². The van der Waals surface area contributed by atoms with Crippen molar-refractivity contribution in [2.45, 2.75) is 59.9 Å². The molecule has 0 atom stereocenters. The molecule has 1 heterocycles. The predicted molar refractivity (Wildman–Crippen MR) is 113 cm³/mol. The number of esters is 1. The van der Waals surface area contributed by atoms with Crippen molar-refractivity contribution >= 4 is 34.1 Å². The minimum Gasteiger partial charge on any atom is -0.462 e. The summed E-state index contributed by atoms with van der Waals surface area (Å²) in [6, 6.07) is 0.235. The van der Waals surface area contributed by atoms with Gasteiger partial charge in [-0.3, -0.25) is 14.5 Å². The van der Waals surface area contributed by atoms with E-state index < -0.39 is 5.97 Å². The summed E-state index contributed by atoms with van der Waals surface area (Å²) in [5.74, 6) is -1.04. The second-order valence-electron chi connectivity index (χ2n) is 6.88. The van der Waals surface area contributed by atoms with Gasteiger partial charge in [0.05, 0.1) is 23.6 Å². The molecule has 1 aromatic rings. The van der Waals surface area contributed by atoms with E-state index in [-0.39, 0.29) is 36.6 Å². The Hall–Kier alpha value is -1.93. The predicted octanol–water partition coefficient (Wildman–Crippen LogP) is 3.43. The van der Waals surface area contributed by atoms with E-state index in [1.807, 2.05) is 0 Å². The van der Waals surface area contributed by atoms with Crippen molar-refractivity contribution in [2.75, 3.05) is 32.1 Å². The molecule has 0 radical (unpaired) electrons. The summed E-state index contributed by atoms with van der Waals surface area (Å²) in [7, 11) is 1.53. The first kappa shape index (κ1) is 24.1. The average Bonchev–Trinajstić information content (AvgIpc) is 2.96. The average molecular weight is 412 g/mol. The molecule has 0 saturated heterocycles. The van der Waals surface area contributed by atoms with Crippen molar-refractivity contribution < 1.29 is 19.1 Å². The Morgan fingerprint density at radius 2 is 1.86 bits per heavy atom. The fourth-order valence-corrected chi connectivity index (χ4v) is 3.97. The van der Waals surface area contributed by atoms with Crippen molar-refractivity contribution in [2.24, 2.45) is 0 Å². The number of rotatable bonds is 11. The lowest BCUT2D eigenvalue weighted by molar-refractivity contribution is -0.117. The highest BCUT2D eigenvalue weighted by Crippen LogP contribution is 2.33. The second kappa shape index (κ2) is 11.8. The Balaban J connectivity index is 3.03. The van der Waals surface area contributed by atoms with Gasteiger partial charge in [0.1, 0.15) is 5.00 Å². The number of thiophene rings is 1. The van der Waals surface area contributed by atoms with E-state index in [1.165, 1.54) is 7.05 Å². The standard InChI is InChI=1S/C20H33N3O4S/c1-7-9-10-11-23(13(3)4)12-15(24)22-19-16(20(26)27-8-2)14(5)17(28-19)18(25)21-6/h13H,7-12H2,1-6H3,(H,21,25)(H,22,24). The van der Waals surface area contributed by atoms with Crippen LogP contribution in [-0.2, 0) is 9.53 Å². The maximum atomic E-state index is 12.7. The summed E-state index contributed by atoms with van der Waals surface area (Å²) in [6.07, 6.45) is 3.28. The van der Waals surface area contributed by atoms with Gasteiger partial charge in [-0.15, -0.1) is 11.3 Å². The van der Waals surface area contributed by atoms with Crippen molar-refractivity contribution in [1.82, 2.24) is 10.2 Å². The molecule has 28 heavy (non-hydrogen) atoms. The molecule has 0 spiro atoms. The van der Waals surface area contributed by atoms with E-state index in [4.69, 9.17) is 4.74 Å². The van der Waals surface area contributed by atoms with E-state index in [9.17, 15) is 14.4 Å². The summed E-state index contributed by atoms with van der Waals surface area (Å²) in [5, 5.41) is 5.74. The fourth-order valence-electron chi connectivity index (χ4n) is 2.82. The molecule has 0 bridgehead atoms. The number of carbonyl (C=O) groups excluding carboxylic acids is 3. The van der Waals surface area contributed by atoms with E-state index in [0.717, 1.165) is 37.1 Å². The summed E-state index contributed by atoms with van der Waals surface area (Å²) in [4.78, 5) is 39.6. The van der Waals surface area contributed by atoms with Crippen LogP contribution in [0.1, 0.15) is 72.6 Å². The van der Waals surface area contributed by atoms with Gasteiger partial charge in [0.15, 0.2) is 0 Å². The van der Waals surface area contributed by atoms with E-state index in [2.05, 4.69) is 36.3 Å². The lowest BCUT2D eigenvalue weighted by Crippen LogP contribution is -2.38. The smallest absolute Gasteiger partial charge is 0.341 e. The number of hydrogen-bond acceptors (Lipinski definition) is 6. The van der Waals surface area contributed by atoms with Gasteiger partial charge >= 0.3 is 5.97 Å². The van der Waals surface area contributed by atoms with Gasteiger partial charge in [-0.1, -0.05) is 19.8 Å². The molecular formula is C20H33N3O4S. The summed E-state index contributed by atoms with van der Waals surface area (Å²) < 4.78 is 5.12. The molecule has 0 aromatic carbocycles. The second-order valence-corrected chi connectivity index (χ2v) is 7.90. The molecule has 0 aliphatic carbocycles. The normalized spacial score (nSPS) is 11.0. The Morgan fingerprint density at radius 3 is 2.39 bits per heavy atom. The number of ether oxygens (including phenoxy) is 1. The molecule has 0 aliphatic rings. The molecule has 0 unspecified atom stereocenters. The quantitative estimate of drug-likeness (QED) is 0.430. The van der Waals surface area contributed by atoms with Crippen molar-refractivity contribution in [3.05, 3.63) is 16.0 Å². The molecule has 158 valence electrons. The van der Waals surface area contributed by atoms with Crippen LogP contribution in [0.4, 0.5) is 5.00 Å². The van der Waals surface area contributed by atoms with Gasteiger partial charge in [0.25, 0.3) is 5.91 Å². The van der Waals surface area contributed by atoms with Crippen LogP contribution in [0.15, 0.2) is 0 Å². The van der Waals surface area contributed by atoms with Crippen LogP contribution in [-0.4, -0.2) is 55.5 Å². The van der Waals surface area contributed by atoms with E-state index in [0.29, 0.717) is 15.4 Å². The maximum Gasteiger partial charge on any atom is 0.341 e. The van der Waals surface area contributed by atoms with Crippen LogP contribution >= 0.6 is 11.3 Å². The van der Waals surface area contributed by atoms with E-state index in [1.54, 1.807) is 13.8 Å². The number of unbranched alkanes of at least 4 members (excludes halogenated alkanes) is 2. The lowest BCUT2D eigenvalue weighted by Gasteiger charge is -2.25. The van der Waals surface area contributed by atoms with E-state index >= 15 is 0 Å². The third kappa shape index (κ3) is 6.60. The molecule has 8 heteroatoms. The molecule has 0 fully saturated rings. The van der Waals surface area contributed by atoms with Crippen molar-refractivity contribution in [1.29, 1.82) is 0 Å². The van der Waals surface area contributed by atoms with Crippen LogP contribution in [0.5, 0.6) is 0 Å². The minimum absolute atomic E-state index is 0.208. The molecule has 1 rings (SSSR count). The SMILES string of the molecule is CCCCCN(CC(=O)Nc1sc(C(=O)NC)c(C)c1C(=O)OCC)C(C)C. The lowest BCUT2D eigenvalue weighted by atomic mass is 10.1. The zero-order chi connectivity index (χ0) is 21.3. The first-order valence-corrected chi connectivity index (χ1v) is 10.6. The van der Waals surface area contributed by atoms with Crippen LogP contribution in [0.3, 0.4) is 0 Å². The topological polar surface area (TPSA) is 87.7 Å². The Morgan fingerprint density at radius 1 is 1.18 bits per heavy atom. The zero-order valence-electron chi connectivity index (χ0n) is 17.8. The first-order valence-electron chi connectivity index (χ1n) is 9.83. The molecule has 2 amide bonds. The summed E-state index contributed by atoms with van der Waals surface area (Å²) in [5.41, 5.74) is 0.766. The Labute approximate surface area is 171 Å². The fraction of sp³-hybridized carbons (Fsp3) is 0.650. The Bertz CT molecular complexity index is 685. The first-order chi connectivity index (χ1) is 13.3. The summed E-state index contributed by atoms with van der Waals surface area (Å²) >= 11 is 1.09. The highest BCUT2D eigenvalue weighted by atomic mass is 32.1. The highest BCUT2D eigenvalue weighted by Gasteiger charge is 2.26. The van der Waals surface area contributed by atoms with Crippen LogP contribution in [0.25, 0.3) is 0 Å². The van der Waals surface area contributed by atoms with Gasteiger partial charge in [-0.05, 0) is 46.2 Å². The van der Waals surface area contributed by atoms with Crippen LogP contribution < -0.4 is 10.6 Å². The molecule has 1 aromatic heterocycles. The van der Waals surface area contributed by atoms with Gasteiger partial charge < -0.3 is 15.4 Å². The van der Waals surface area contributed by atoms with Gasteiger partial charge in [-0.2, -0.15) is 0 Å². The third-order valence-corrected chi connectivity index (χ3v) is 5.64. The van der Waals surface area contributed by atoms with Crippen molar-refractivity contribution in [3.8, 4) is 0 Å². The third-order valence-electron chi connectivity index (χ3n) is 4.44. The molecule has 7 nitrogen and oxygen atoms in total. The monoisotopic (exact) mass is 411 g/mol. The minimum atomic E-state index is -0.537. The molecule has 0 saturated carbocycles. The van der Waals surface area contributed by atoms with Gasteiger partial charge in [0, 0.05) is 13.1 Å².